The van der Waals surface area contributed by atoms with E-state index in [-0.39, 0.29) is 18.2 Å². The van der Waals surface area contributed by atoms with Gasteiger partial charge in [0.2, 0.25) is 5.91 Å². The topological polar surface area (TPSA) is 70.6 Å². The van der Waals surface area contributed by atoms with Crippen LogP contribution in [-0.2, 0) is 22.6 Å². The van der Waals surface area contributed by atoms with E-state index < -0.39 is 0 Å². The summed E-state index contributed by atoms with van der Waals surface area (Å²) in [5.74, 6) is 0.0154. The number of likely N-dealkylation sites (N-methyl/N-ethyl adjacent to an activating group) is 1. The third-order valence-electron chi connectivity index (χ3n) is 4.22. The van der Waals surface area contributed by atoms with Crippen molar-refractivity contribution in [2.45, 2.75) is 19.4 Å². The maximum absolute atomic E-state index is 12.2. The van der Waals surface area contributed by atoms with Gasteiger partial charge in [0.05, 0.1) is 12.3 Å². The number of carbonyl (C=O) groups is 2. The summed E-state index contributed by atoms with van der Waals surface area (Å²) >= 11 is 0. The van der Waals surface area contributed by atoms with Crippen LogP contribution in [0.4, 0.5) is 0 Å². The summed E-state index contributed by atoms with van der Waals surface area (Å²) in [4.78, 5) is 28.1. The number of hydrogen-bond acceptors (Lipinski definition) is 4. The average molecular weight is 377 g/mol. The van der Waals surface area contributed by atoms with Gasteiger partial charge in [-0.1, -0.05) is 48.5 Å². The molecule has 146 valence electrons. The highest BCUT2D eigenvalue weighted by Crippen LogP contribution is 2.09. The molecule has 5 nitrogen and oxygen atoms in total. The fraction of sp³-hybridized carbons (Fsp3) is 0.261. The summed E-state index contributed by atoms with van der Waals surface area (Å²) in [7, 11) is 3.44. The van der Waals surface area contributed by atoms with Crippen molar-refractivity contribution in [1.82, 2.24) is 10.6 Å². The number of aliphatic imine (C=N–C) groups is 1. The van der Waals surface area contributed by atoms with Crippen molar-refractivity contribution in [2.24, 2.45) is 4.99 Å². The zero-order valence-corrected chi connectivity index (χ0v) is 16.4. The minimum absolute atomic E-state index is 0.0545. The minimum Gasteiger partial charge on any atom is -0.351 e. The van der Waals surface area contributed by atoms with Gasteiger partial charge in [0.1, 0.15) is 0 Å². The van der Waals surface area contributed by atoms with Crippen molar-refractivity contribution in [1.29, 1.82) is 0 Å². The zero-order chi connectivity index (χ0) is 20.2. The molecule has 0 saturated carbocycles. The molecule has 1 amide bonds. The van der Waals surface area contributed by atoms with Crippen LogP contribution in [0.3, 0.4) is 0 Å². The summed E-state index contributed by atoms with van der Waals surface area (Å²) in [5, 5.41) is 5.67. The molecule has 0 bridgehead atoms. The lowest BCUT2D eigenvalue weighted by molar-refractivity contribution is -0.120. The van der Waals surface area contributed by atoms with Gasteiger partial charge in [-0.25, -0.2) is 0 Å². The van der Waals surface area contributed by atoms with E-state index in [9.17, 15) is 9.59 Å². The highest BCUT2D eigenvalue weighted by Gasteiger charge is 2.04. The third kappa shape index (κ3) is 7.29. The number of benzene rings is 2. The van der Waals surface area contributed by atoms with Crippen LogP contribution >= 0.6 is 0 Å². The Morgan fingerprint density at radius 2 is 1.75 bits per heavy atom. The molecule has 0 aliphatic rings. The highest BCUT2D eigenvalue weighted by molar-refractivity contribution is 6.11. The summed E-state index contributed by atoms with van der Waals surface area (Å²) < 4.78 is 0. The summed E-state index contributed by atoms with van der Waals surface area (Å²) in [6, 6.07) is 17.8. The van der Waals surface area contributed by atoms with Crippen LogP contribution in [0.1, 0.15) is 23.1 Å². The summed E-state index contributed by atoms with van der Waals surface area (Å²) in [6.07, 6.45) is 4.54. The molecule has 0 aliphatic carbocycles. The van der Waals surface area contributed by atoms with Crippen LogP contribution in [0, 0.1) is 0 Å². The van der Waals surface area contributed by atoms with E-state index in [0.717, 1.165) is 28.8 Å². The van der Waals surface area contributed by atoms with Crippen molar-refractivity contribution < 1.29 is 9.59 Å². The first kappa shape index (κ1) is 21.3. The molecule has 28 heavy (non-hydrogen) atoms. The third-order valence-corrected chi connectivity index (χ3v) is 4.22. The first-order valence-corrected chi connectivity index (χ1v) is 9.34. The molecule has 0 unspecified atom stereocenters. The number of nitrogens with zero attached hydrogens (tertiary/aromatic N) is 1. The van der Waals surface area contributed by atoms with Crippen LogP contribution in [-0.4, -0.2) is 38.0 Å². The van der Waals surface area contributed by atoms with Gasteiger partial charge in [-0.3, -0.25) is 14.6 Å². The van der Waals surface area contributed by atoms with Gasteiger partial charge in [-0.2, -0.15) is 0 Å². The molecule has 0 heterocycles. The van der Waals surface area contributed by atoms with E-state index in [1.807, 2.05) is 54.6 Å². The maximum atomic E-state index is 12.2. The molecule has 2 aromatic rings. The van der Waals surface area contributed by atoms with Crippen LogP contribution in [0.15, 0.2) is 71.7 Å². The molecule has 0 spiro atoms. The zero-order valence-electron chi connectivity index (χ0n) is 16.4. The van der Waals surface area contributed by atoms with E-state index in [2.05, 4.69) is 15.6 Å². The van der Waals surface area contributed by atoms with Gasteiger partial charge in [-0.15, -0.1) is 0 Å². The Kier molecular flexibility index (Phi) is 8.82. The Labute approximate surface area is 166 Å². The smallest absolute Gasteiger partial charge is 0.234 e. The fourth-order valence-corrected chi connectivity index (χ4v) is 2.73. The summed E-state index contributed by atoms with van der Waals surface area (Å²) in [5.41, 5.74) is 3.78. The molecular weight excluding hydrogens is 350 g/mol. The Morgan fingerprint density at radius 1 is 1.00 bits per heavy atom. The lowest BCUT2D eigenvalue weighted by atomic mass is 10.0. The Hall–Kier alpha value is -3.05. The lowest BCUT2D eigenvalue weighted by Crippen LogP contribution is -2.31. The molecule has 0 radical (unpaired) electrons. The maximum Gasteiger partial charge on any atom is 0.234 e. The van der Waals surface area contributed by atoms with E-state index in [0.29, 0.717) is 13.0 Å². The lowest BCUT2D eigenvalue weighted by Gasteiger charge is -2.07. The quantitative estimate of drug-likeness (QED) is 0.494. The van der Waals surface area contributed by atoms with Crippen LogP contribution < -0.4 is 10.6 Å². The molecule has 0 atom stereocenters. The first-order valence-electron chi connectivity index (χ1n) is 9.34. The molecule has 2 N–H and O–H groups in total. The molecule has 0 fully saturated rings. The van der Waals surface area contributed by atoms with Crippen molar-refractivity contribution in [3.05, 3.63) is 83.4 Å². The van der Waals surface area contributed by atoms with Crippen LogP contribution in [0.25, 0.3) is 0 Å². The fourth-order valence-electron chi connectivity index (χ4n) is 2.73. The van der Waals surface area contributed by atoms with Crippen molar-refractivity contribution >= 4 is 17.4 Å². The number of allylic oxidation sites excluding steroid dienone is 2. The van der Waals surface area contributed by atoms with Gasteiger partial charge in [0.15, 0.2) is 5.78 Å². The predicted molar refractivity (Wildman–Crippen MR) is 114 cm³/mol. The standard InChI is InChI=1S/C23H27N3O2/c1-24-17-23(28)26-16-19-9-6-10-20(15-19)22(25-2)14-13-21(27)12-11-18-7-4-3-5-8-18/h3-10,13-15,24H,11-12,16-17H2,1-2H3,(H,26,28)/b14-13-,25-22?. The van der Waals surface area contributed by atoms with Crippen LogP contribution in [0.2, 0.25) is 0 Å². The Bertz CT molecular complexity index is 842. The molecule has 0 aliphatic heterocycles. The van der Waals surface area contributed by atoms with E-state index in [1.165, 1.54) is 0 Å². The van der Waals surface area contributed by atoms with Crippen molar-refractivity contribution in [2.75, 3.05) is 20.6 Å². The van der Waals surface area contributed by atoms with Gasteiger partial charge >= 0.3 is 0 Å². The van der Waals surface area contributed by atoms with Gasteiger partial charge in [0.25, 0.3) is 0 Å². The van der Waals surface area contributed by atoms with E-state index >= 15 is 0 Å². The molecule has 0 saturated heterocycles. The molecule has 2 aromatic carbocycles. The predicted octanol–water partition coefficient (Wildman–Crippen LogP) is 2.70. The van der Waals surface area contributed by atoms with Crippen LogP contribution in [0.5, 0.6) is 0 Å². The Morgan fingerprint density at radius 3 is 2.46 bits per heavy atom. The number of nitrogens with one attached hydrogen (secondary N) is 2. The number of carbonyl (C=O) groups excluding carboxylic acids is 2. The normalized spacial score (nSPS) is 11.6. The second kappa shape index (κ2) is 11.6. The van der Waals surface area contributed by atoms with Crippen molar-refractivity contribution in [3.63, 3.8) is 0 Å². The number of hydrogen-bond donors (Lipinski definition) is 2. The number of rotatable bonds is 10. The largest absolute Gasteiger partial charge is 0.351 e. The SMILES string of the molecule is CN=C(/C=C\C(=O)CCc1ccccc1)c1cccc(CNC(=O)CNC)c1. The highest BCUT2D eigenvalue weighted by atomic mass is 16.1. The first-order chi connectivity index (χ1) is 13.6. The number of ketones is 1. The molecule has 5 heteroatoms. The summed E-state index contributed by atoms with van der Waals surface area (Å²) in [6.45, 7) is 0.736. The Balaban J connectivity index is 1.94. The monoisotopic (exact) mass is 377 g/mol. The van der Waals surface area contributed by atoms with E-state index in [1.54, 1.807) is 26.2 Å². The number of amides is 1. The van der Waals surface area contributed by atoms with Gasteiger partial charge in [-0.05, 0) is 48.4 Å². The van der Waals surface area contributed by atoms with Crippen molar-refractivity contribution in [3.8, 4) is 0 Å². The van der Waals surface area contributed by atoms with E-state index in [4.69, 9.17) is 0 Å². The van der Waals surface area contributed by atoms with Gasteiger partial charge in [0, 0.05) is 20.0 Å². The second-order valence-electron chi connectivity index (χ2n) is 6.40. The second-order valence-corrected chi connectivity index (χ2v) is 6.40. The number of aryl methyl sites for hydroxylation is 1. The molecule has 0 aromatic heterocycles. The molecular formula is C23H27N3O2. The average Bonchev–Trinajstić information content (AvgIpc) is 2.72. The molecule has 2 rings (SSSR count). The minimum atomic E-state index is -0.0545. The van der Waals surface area contributed by atoms with Gasteiger partial charge < -0.3 is 10.6 Å².